The number of hydrogen-bond donors (Lipinski definition) is 0. The predicted octanol–water partition coefficient (Wildman–Crippen LogP) is 4.04. The molecular formula is C25H36O7. The molecule has 0 aromatic heterocycles. The van der Waals surface area contributed by atoms with Crippen molar-refractivity contribution in [2.45, 2.75) is 12.8 Å². The lowest BCUT2D eigenvalue weighted by Gasteiger charge is -2.27. The van der Waals surface area contributed by atoms with Crippen LogP contribution in [0.25, 0.3) is 0 Å². The van der Waals surface area contributed by atoms with Gasteiger partial charge in [0.2, 0.25) is 5.75 Å². The molecule has 0 bridgehead atoms. The van der Waals surface area contributed by atoms with Crippen LogP contribution in [0, 0.1) is 11.8 Å². The minimum atomic E-state index is 0.204. The van der Waals surface area contributed by atoms with Crippen molar-refractivity contribution in [3.8, 4) is 28.7 Å². The average molecular weight is 449 g/mol. The van der Waals surface area contributed by atoms with Gasteiger partial charge in [0.15, 0.2) is 23.0 Å². The third kappa shape index (κ3) is 6.43. The third-order valence-corrected chi connectivity index (χ3v) is 5.60. The van der Waals surface area contributed by atoms with E-state index in [0.717, 1.165) is 24.0 Å². The lowest BCUT2D eigenvalue weighted by Crippen LogP contribution is -2.27. The van der Waals surface area contributed by atoms with Gasteiger partial charge in [-0.15, -0.1) is 0 Å². The first-order valence-corrected chi connectivity index (χ1v) is 10.5. The zero-order valence-corrected chi connectivity index (χ0v) is 20.2. The zero-order valence-electron chi connectivity index (χ0n) is 20.2. The minimum absolute atomic E-state index is 0.204. The SMILES string of the molecule is COCC(Cc1ccc(OC)c(OC)c1)C(COC)Cc1cc(OC)c(OC)c(OC)c1. The summed E-state index contributed by atoms with van der Waals surface area (Å²) in [5, 5.41) is 0. The molecule has 0 heterocycles. The fraction of sp³-hybridized carbons (Fsp3) is 0.520. The van der Waals surface area contributed by atoms with Gasteiger partial charge in [-0.25, -0.2) is 0 Å². The van der Waals surface area contributed by atoms with E-state index in [1.54, 1.807) is 49.8 Å². The van der Waals surface area contributed by atoms with Gasteiger partial charge in [-0.05, 0) is 60.1 Å². The Hall–Kier alpha value is -2.64. The van der Waals surface area contributed by atoms with Gasteiger partial charge >= 0.3 is 0 Å². The molecule has 0 aliphatic heterocycles. The lowest BCUT2D eigenvalue weighted by atomic mass is 9.83. The molecule has 0 aliphatic carbocycles. The van der Waals surface area contributed by atoms with Gasteiger partial charge in [-0.2, -0.15) is 0 Å². The molecule has 32 heavy (non-hydrogen) atoms. The molecule has 0 amide bonds. The van der Waals surface area contributed by atoms with Crippen LogP contribution in [-0.2, 0) is 22.3 Å². The summed E-state index contributed by atoms with van der Waals surface area (Å²) in [6, 6.07) is 10.00. The fourth-order valence-corrected chi connectivity index (χ4v) is 4.02. The second-order valence-electron chi connectivity index (χ2n) is 7.56. The predicted molar refractivity (Wildman–Crippen MR) is 124 cm³/mol. The number of ether oxygens (including phenoxy) is 7. The quantitative estimate of drug-likeness (QED) is 0.432. The molecule has 2 rings (SSSR count). The van der Waals surface area contributed by atoms with Crippen LogP contribution in [0.2, 0.25) is 0 Å². The summed E-state index contributed by atoms with van der Waals surface area (Å²) < 4.78 is 38.5. The van der Waals surface area contributed by atoms with E-state index in [2.05, 4.69) is 6.07 Å². The standard InChI is InChI=1S/C25H36O7/c1-26-15-19(10-17-8-9-21(28-3)22(12-17)29-4)20(16-27-2)11-18-13-23(30-5)25(32-7)24(14-18)31-6/h8-9,12-14,19-20H,10-11,15-16H2,1-7H3. The number of benzene rings is 2. The Balaban J connectivity index is 2.33. The maximum Gasteiger partial charge on any atom is 0.203 e. The van der Waals surface area contributed by atoms with Crippen LogP contribution in [-0.4, -0.2) is 63.0 Å². The summed E-state index contributed by atoms with van der Waals surface area (Å²) in [6.07, 6.45) is 1.58. The molecule has 0 saturated heterocycles. The Morgan fingerprint density at radius 1 is 0.531 bits per heavy atom. The summed E-state index contributed by atoms with van der Waals surface area (Å²) in [5.41, 5.74) is 2.23. The molecule has 0 fully saturated rings. The molecule has 2 aromatic rings. The van der Waals surface area contributed by atoms with E-state index in [4.69, 9.17) is 33.2 Å². The molecule has 0 spiro atoms. The van der Waals surface area contributed by atoms with Crippen molar-refractivity contribution in [1.29, 1.82) is 0 Å². The summed E-state index contributed by atoms with van der Waals surface area (Å²) in [7, 11) is 11.6. The largest absolute Gasteiger partial charge is 0.493 e. The van der Waals surface area contributed by atoms with Crippen molar-refractivity contribution in [2.75, 3.05) is 63.0 Å². The summed E-state index contributed by atoms with van der Waals surface area (Å²) in [5.74, 6) is 3.72. The molecular weight excluding hydrogens is 412 g/mol. The Bertz CT molecular complexity index is 812. The van der Waals surface area contributed by atoms with Crippen LogP contribution < -0.4 is 23.7 Å². The van der Waals surface area contributed by atoms with Crippen LogP contribution in [0.4, 0.5) is 0 Å². The second-order valence-corrected chi connectivity index (χ2v) is 7.56. The lowest BCUT2D eigenvalue weighted by molar-refractivity contribution is 0.0696. The van der Waals surface area contributed by atoms with E-state index in [9.17, 15) is 0 Å². The Morgan fingerprint density at radius 2 is 1.00 bits per heavy atom. The van der Waals surface area contributed by atoms with Crippen LogP contribution in [0.1, 0.15) is 11.1 Å². The molecule has 2 aromatic carbocycles. The van der Waals surface area contributed by atoms with Crippen LogP contribution in [0.5, 0.6) is 28.7 Å². The maximum atomic E-state index is 5.59. The fourth-order valence-electron chi connectivity index (χ4n) is 4.02. The second kappa shape index (κ2) is 13.0. The number of methoxy groups -OCH3 is 7. The Labute approximate surface area is 191 Å². The maximum absolute atomic E-state index is 5.59. The molecule has 178 valence electrons. The molecule has 0 saturated carbocycles. The molecule has 0 N–H and O–H groups in total. The van der Waals surface area contributed by atoms with Gasteiger partial charge in [-0.1, -0.05) is 6.07 Å². The van der Waals surface area contributed by atoms with Crippen molar-refractivity contribution >= 4 is 0 Å². The van der Waals surface area contributed by atoms with Crippen molar-refractivity contribution in [1.82, 2.24) is 0 Å². The average Bonchev–Trinajstić information content (AvgIpc) is 2.82. The van der Waals surface area contributed by atoms with Gasteiger partial charge in [0, 0.05) is 27.4 Å². The van der Waals surface area contributed by atoms with Gasteiger partial charge < -0.3 is 33.2 Å². The molecule has 2 atom stereocenters. The van der Waals surface area contributed by atoms with Crippen LogP contribution in [0.15, 0.2) is 30.3 Å². The molecule has 7 nitrogen and oxygen atoms in total. The van der Waals surface area contributed by atoms with Crippen molar-refractivity contribution in [2.24, 2.45) is 11.8 Å². The monoisotopic (exact) mass is 448 g/mol. The summed E-state index contributed by atoms with van der Waals surface area (Å²) >= 11 is 0. The number of hydrogen-bond acceptors (Lipinski definition) is 7. The topological polar surface area (TPSA) is 64.6 Å². The van der Waals surface area contributed by atoms with Crippen molar-refractivity contribution < 1.29 is 33.2 Å². The summed E-state index contributed by atoms with van der Waals surface area (Å²) in [6.45, 7) is 1.20. The highest BCUT2D eigenvalue weighted by Crippen LogP contribution is 2.39. The van der Waals surface area contributed by atoms with E-state index in [-0.39, 0.29) is 11.8 Å². The van der Waals surface area contributed by atoms with Gasteiger partial charge in [0.05, 0.1) is 35.5 Å². The third-order valence-electron chi connectivity index (χ3n) is 5.60. The Kier molecular flexibility index (Phi) is 10.4. The Morgan fingerprint density at radius 3 is 1.44 bits per heavy atom. The van der Waals surface area contributed by atoms with E-state index in [0.29, 0.717) is 42.0 Å². The molecule has 0 aliphatic rings. The first kappa shape index (κ1) is 25.6. The van der Waals surface area contributed by atoms with Gasteiger partial charge in [-0.3, -0.25) is 0 Å². The highest BCUT2D eigenvalue weighted by Gasteiger charge is 2.25. The smallest absolute Gasteiger partial charge is 0.203 e. The first-order valence-electron chi connectivity index (χ1n) is 10.5. The van der Waals surface area contributed by atoms with Crippen molar-refractivity contribution in [3.63, 3.8) is 0 Å². The van der Waals surface area contributed by atoms with Crippen molar-refractivity contribution in [3.05, 3.63) is 41.5 Å². The highest BCUT2D eigenvalue weighted by molar-refractivity contribution is 5.54. The molecule has 2 unspecified atom stereocenters. The zero-order chi connectivity index (χ0) is 23.5. The molecule has 0 radical (unpaired) electrons. The van der Waals surface area contributed by atoms with Crippen LogP contribution in [0.3, 0.4) is 0 Å². The summed E-state index contributed by atoms with van der Waals surface area (Å²) in [4.78, 5) is 0. The minimum Gasteiger partial charge on any atom is -0.493 e. The van der Waals surface area contributed by atoms with Gasteiger partial charge in [0.25, 0.3) is 0 Å². The van der Waals surface area contributed by atoms with E-state index in [1.807, 2.05) is 24.3 Å². The number of rotatable bonds is 14. The highest BCUT2D eigenvalue weighted by atomic mass is 16.5. The normalized spacial score (nSPS) is 12.7. The van der Waals surface area contributed by atoms with E-state index in [1.165, 1.54) is 0 Å². The molecule has 7 heteroatoms. The van der Waals surface area contributed by atoms with E-state index >= 15 is 0 Å². The van der Waals surface area contributed by atoms with Gasteiger partial charge in [0.1, 0.15) is 0 Å². The van der Waals surface area contributed by atoms with Crippen LogP contribution >= 0.6 is 0 Å². The first-order chi connectivity index (χ1) is 15.5. The van der Waals surface area contributed by atoms with E-state index < -0.39 is 0 Å².